The molecule has 0 radical (unpaired) electrons. The Kier molecular flexibility index (Phi) is 4.69. The lowest BCUT2D eigenvalue weighted by Crippen LogP contribution is -2.48. The fourth-order valence-electron chi connectivity index (χ4n) is 2.73. The quantitative estimate of drug-likeness (QED) is 0.814. The molecule has 0 spiro atoms. The maximum atomic E-state index is 12.9. The van der Waals surface area contributed by atoms with Gasteiger partial charge in [-0.25, -0.2) is 13.4 Å². The molecule has 3 rings (SSSR count). The van der Waals surface area contributed by atoms with Crippen LogP contribution < -0.4 is 4.90 Å². The number of aryl methyl sites for hydroxylation is 2. The van der Waals surface area contributed by atoms with Crippen LogP contribution in [0.5, 0.6) is 0 Å². The highest BCUT2D eigenvalue weighted by atomic mass is 32.2. The van der Waals surface area contributed by atoms with Crippen molar-refractivity contribution in [1.82, 2.24) is 19.1 Å². The van der Waals surface area contributed by atoms with Crippen molar-refractivity contribution in [2.75, 3.05) is 31.1 Å². The zero-order valence-electron chi connectivity index (χ0n) is 13.3. The number of hydrogen-bond donors (Lipinski definition) is 0. The van der Waals surface area contributed by atoms with Gasteiger partial charge in [-0.2, -0.15) is 9.40 Å². The number of hydrogen-bond acceptors (Lipinski definition) is 6. The standard InChI is InChI=1S/C14H21N5O2S2/c1-3-5-18-11-13(12(2)16-18)23(20,21)19-8-6-17(7-9-19)14-15-4-10-22-14/h4,10-11H,3,5-9H2,1-2H3. The van der Waals surface area contributed by atoms with E-state index in [2.05, 4.69) is 15.0 Å². The molecule has 2 aromatic heterocycles. The lowest BCUT2D eigenvalue weighted by Gasteiger charge is -2.33. The average Bonchev–Trinajstić information content (AvgIpc) is 3.18. The monoisotopic (exact) mass is 355 g/mol. The number of rotatable bonds is 5. The van der Waals surface area contributed by atoms with Crippen LogP contribution in [-0.4, -0.2) is 53.7 Å². The van der Waals surface area contributed by atoms with E-state index in [0.29, 0.717) is 36.8 Å². The van der Waals surface area contributed by atoms with E-state index < -0.39 is 10.0 Å². The summed E-state index contributed by atoms with van der Waals surface area (Å²) in [5.74, 6) is 0. The number of thiazole rings is 1. The number of aromatic nitrogens is 3. The minimum Gasteiger partial charge on any atom is -0.345 e. The smallest absolute Gasteiger partial charge is 0.246 e. The second-order valence-electron chi connectivity index (χ2n) is 5.55. The van der Waals surface area contributed by atoms with E-state index in [9.17, 15) is 8.42 Å². The van der Waals surface area contributed by atoms with Crippen molar-refractivity contribution < 1.29 is 8.42 Å². The molecule has 0 amide bonds. The Hall–Kier alpha value is -1.45. The van der Waals surface area contributed by atoms with Gasteiger partial charge in [-0.15, -0.1) is 11.3 Å². The minimum absolute atomic E-state index is 0.327. The molecule has 2 aromatic rings. The van der Waals surface area contributed by atoms with Crippen molar-refractivity contribution in [3.05, 3.63) is 23.5 Å². The second-order valence-corrected chi connectivity index (χ2v) is 8.33. The molecule has 0 bridgehead atoms. The van der Waals surface area contributed by atoms with Crippen LogP contribution in [0, 0.1) is 6.92 Å². The molecule has 126 valence electrons. The summed E-state index contributed by atoms with van der Waals surface area (Å²) in [4.78, 5) is 6.74. The predicted octanol–water partition coefficient (Wildman–Crippen LogP) is 1.57. The Balaban J connectivity index is 1.74. The molecule has 0 unspecified atom stereocenters. The van der Waals surface area contributed by atoms with Crippen LogP contribution in [0.1, 0.15) is 19.0 Å². The highest BCUT2D eigenvalue weighted by Gasteiger charge is 2.31. The summed E-state index contributed by atoms with van der Waals surface area (Å²) in [6.45, 7) is 6.80. The molecule has 1 saturated heterocycles. The van der Waals surface area contributed by atoms with E-state index in [1.165, 1.54) is 0 Å². The molecule has 3 heterocycles. The largest absolute Gasteiger partial charge is 0.345 e. The minimum atomic E-state index is -3.48. The molecular weight excluding hydrogens is 334 g/mol. The lowest BCUT2D eigenvalue weighted by molar-refractivity contribution is 0.384. The zero-order valence-corrected chi connectivity index (χ0v) is 15.0. The molecule has 1 aliphatic rings. The van der Waals surface area contributed by atoms with Gasteiger partial charge in [0.2, 0.25) is 10.0 Å². The lowest BCUT2D eigenvalue weighted by atomic mass is 10.4. The van der Waals surface area contributed by atoms with Crippen LogP contribution >= 0.6 is 11.3 Å². The van der Waals surface area contributed by atoms with Crippen LogP contribution in [0.15, 0.2) is 22.7 Å². The maximum absolute atomic E-state index is 12.9. The predicted molar refractivity (Wildman–Crippen MR) is 90.3 cm³/mol. The van der Waals surface area contributed by atoms with Gasteiger partial charge in [0.25, 0.3) is 0 Å². The van der Waals surface area contributed by atoms with Crippen LogP contribution in [0.4, 0.5) is 5.13 Å². The first kappa shape index (κ1) is 16.4. The molecule has 23 heavy (non-hydrogen) atoms. The summed E-state index contributed by atoms with van der Waals surface area (Å²) in [6, 6.07) is 0. The number of piperazine rings is 1. The van der Waals surface area contributed by atoms with E-state index in [0.717, 1.165) is 18.1 Å². The Morgan fingerprint density at radius 3 is 2.61 bits per heavy atom. The molecule has 9 heteroatoms. The van der Waals surface area contributed by atoms with Gasteiger partial charge in [0.1, 0.15) is 4.90 Å². The van der Waals surface area contributed by atoms with Crippen LogP contribution in [0.25, 0.3) is 0 Å². The third kappa shape index (κ3) is 3.26. The summed E-state index contributed by atoms with van der Waals surface area (Å²) in [7, 11) is -3.48. The Morgan fingerprint density at radius 1 is 1.26 bits per heavy atom. The van der Waals surface area contributed by atoms with Gasteiger partial charge in [0, 0.05) is 50.5 Å². The van der Waals surface area contributed by atoms with E-state index in [1.54, 1.807) is 39.6 Å². The van der Waals surface area contributed by atoms with Crippen molar-refractivity contribution in [2.45, 2.75) is 31.7 Å². The van der Waals surface area contributed by atoms with Crippen molar-refractivity contribution in [2.24, 2.45) is 0 Å². The molecule has 0 aromatic carbocycles. The summed E-state index contributed by atoms with van der Waals surface area (Å²) >= 11 is 1.58. The maximum Gasteiger partial charge on any atom is 0.246 e. The first-order chi connectivity index (χ1) is 11.0. The third-order valence-corrected chi connectivity index (χ3v) is 6.73. The Bertz CT molecular complexity index is 746. The normalized spacial score (nSPS) is 16.9. The molecule has 0 aliphatic carbocycles. The highest BCUT2D eigenvalue weighted by molar-refractivity contribution is 7.89. The van der Waals surface area contributed by atoms with E-state index in [-0.39, 0.29) is 0 Å². The number of sulfonamides is 1. The number of nitrogens with zero attached hydrogens (tertiary/aromatic N) is 5. The summed E-state index contributed by atoms with van der Waals surface area (Å²) < 4.78 is 29.0. The van der Waals surface area contributed by atoms with Gasteiger partial charge in [0.05, 0.1) is 5.69 Å². The molecule has 0 N–H and O–H groups in total. The Morgan fingerprint density at radius 2 is 2.00 bits per heavy atom. The number of anilines is 1. The topological polar surface area (TPSA) is 71.3 Å². The van der Waals surface area contributed by atoms with Crippen LogP contribution in [0.2, 0.25) is 0 Å². The van der Waals surface area contributed by atoms with Gasteiger partial charge in [-0.3, -0.25) is 4.68 Å². The zero-order chi connectivity index (χ0) is 16.4. The third-order valence-electron chi connectivity index (χ3n) is 3.90. The van der Waals surface area contributed by atoms with Crippen LogP contribution in [-0.2, 0) is 16.6 Å². The molecule has 1 aliphatic heterocycles. The molecule has 1 fully saturated rings. The van der Waals surface area contributed by atoms with Gasteiger partial charge in [-0.05, 0) is 13.3 Å². The van der Waals surface area contributed by atoms with Crippen molar-refractivity contribution >= 4 is 26.5 Å². The van der Waals surface area contributed by atoms with Gasteiger partial charge < -0.3 is 4.90 Å². The summed E-state index contributed by atoms with van der Waals surface area (Å²) in [5, 5.41) is 7.20. The Labute approximate surface area is 140 Å². The van der Waals surface area contributed by atoms with E-state index in [4.69, 9.17) is 0 Å². The molecule has 0 saturated carbocycles. The summed E-state index contributed by atoms with van der Waals surface area (Å²) in [6.07, 6.45) is 4.35. The fraction of sp³-hybridized carbons (Fsp3) is 0.571. The van der Waals surface area contributed by atoms with Crippen molar-refractivity contribution in [3.8, 4) is 0 Å². The fourth-order valence-corrected chi connectivity index (χ4v) is 5.02. The van der Waals surface area contributed by atoms with Gasteiger partial charge in [0.15, 0.2) is 5.13 Å². The summed E-state index contributed by atoms with van der Waals surface area (Å²) in [5.41, 5.74) is 0.570. The average molecular weight is 355 g/mol. The van der Waals surface area contributed by atoms with Gasteiger partial charge in [-0.1, -0.05) is 6.92 Å². The molecule has 7 nitrogen and oxygen atoms in total. The molecular formula is C14H21N5O2S2. The van der Waals surface area contributed by atoms with E-state index >= 15 is 0 Å². The van der Waals surface area contributed by atoms with Crippen LogP contribution in [0.3, 0.4) is 0 Å². The van der Waals surface area contributed by atoms with Crippen molar-refractivity contribution in [1.29, 1.82) is 0 Å². The van der Waals surface area contributed by atoms with Crippen molar-refractivity contribution in [3.63, 3.8) is 0 Å². The first-order valence-corrected chi connectivity index (χ1v) is 10.0. The second kappa shape index (κ2) is 6.58. The van der Waals surface area contributed by atoms with Gasteiger partial charge >= 0.3 is 0 Å². The SMILES string of the molecule is CCCn1cc(S(=O)(=O)N2CCN(c3nccs3)CC2)c(C)n1. The first-order valence-electron chi connectivity index (χ1n) is 7.71. The molecule has 0 atom stereocenters. The highest BCUT2D eigenvalue weighted by Crippen LogP contribution is 2.23. The van der Waals surface area contributed by atoms with E-state index in [1.807, 2.05) is 12.3 Å².